The van der Waals surface area contributed by atoms with Crippen molar-refractivity contribution >= 4 is 12.3 Å². The topological polar surface area (TPSA) is 59.4 Å². The number of ether oxygens (including phenoxy) is 1. The van der Waals surface area contributed by atoms with Gasteiger partial charge in [0.25, 0.3) is 0 Å². The monoisotopic (exact) mass is 320 g/mol. The Kier molecular flexibility index (Phi) is 5.82. The maximum atomic E-state index is 12.3. The molecule has 0 spiro atoms. The van der Waals surface area contributed by atoms with Crippen LogP contribution in [0.2, 0.25) is 0 Å². The molecule has 0 aliphatic carbocycles. The van der Waals surface area contributed by atoms with E-state index in [-0.39, 0.29) is 12.1 Å². The molecule has 6 heteroatoms. The second-order valence-electron chi connectivity index (χ2n) is 7.01. The number of carbonyl (C=O) groups is 1. The smallest absolute Gasteiger partial charge is 0.410 e. The fourth-order valence-corrected chi connectivity index (χ4v) is 2.63. The van der Waals surface area contributed by atoms with Gasteiger partial charge in [0, 0.05) is 43.6 Å². The minimum absolute atomic E-state index is 0.217. The lowest BCUT2D eigenvalue weighted by Gasteiger charge is -2.28. The summed E-state index contributed by atoms with van der Waals surface area (Å²) in [6.45, 7) is 11.6. The van der Waals surface area contributed by atoms with Crippen LogP contribution in [0.25, 0.3) is 6.20 Å². The highest BCUT2D eigenvalue weighted by atomic mass is 16.6. The summed E-state index contributed by atoms with van der Waals surface area (Å²) < 4.78 is 7.19. The van der Waals surface area contributed by atoms with E-state index >= 15 is 0 Å². The molecule has 1 saturated heterocycles. The van der Waals surface area contributed by atoms with Crippen molar-refractivity contribution in [3.05, 3.63) is 24.5 Å². The summed E-state index contributed by atoms with van der Waals surface area (Å²) in [5.41, 5.74) is 0.656. The molecule has 1 aliphatic rings. The summed E-state index contributed by atoms with van der Waals surface area (Å²) >= 11 is 0. The number of amides is 1. The van der Waals surface area contributed by atoms with Crippen molar-refractivity contribution < 1.29 is 9.53 Å². The van der Waals surface area contributed by atoms with Gasteiger partial charge < -0.3 is 15.0 Å². The number of hydrogen-bond donors (Lipinski definition) is 1. The zero-order valence-electron chi connectivity index (χ0n) is 14.4. The van der Waals surface area contributed by atoms with E-state index in [9.17, 15) is 4.79 Å². The third-order valence-electron chi connectivity index (χ3n) is 3.76. The highest BCUT2D eigenvalue weighted by Crippen LogP contribution is 2.16. The summed E-state index contributed by atoms with van der Waals surface area (Å²) in [4.78, 5) is 14.1. The molecule has 1 atom stereocenters. The first kappa shape index (κ1) is 17.5. The van der Waals surface area contributed by atoms with Crippen molar-refractivity contribution in [3.8, 4) is 0 Å². The zero-order chi connectivity index (χ0) is 16.9. The third-order valence-corrected chi connectivity index (χ3v) is 3.76. The van der Waals surface area contributed by atoms with Crippen molar-refractivity contribution in [1.29, 1.82) is 0 Å². The van der Waals surface area contributed by atoms with Crippen LogP contribution in [0.15, 0.2) is 19.0 Å². The average molecular weight is 320 g/mol. The number of hydrogen-bond acceptors (Lipinski definition) is 4. The first-order valence-corrected chi connectivity index (χ1v) is 8.24. The Balaban J connectivity index is 1.88. The van der Waals surface area contributed by atoms with Crippen molar-refractivity contribution in [2.75, 3.05) is 13.1 Å². The van der Waals surface area contributed by atoms with Crippen LogP contribution in [-0.4, -0.2) is 45.5 Å². The number of rotatable bonds is 4. The number of nitrogens with one attached hydrogen (secondary N) is 1. The predicted molar refractivity (Wildman–Crippen MR) is 90.9 cm³/mol. The van der Waals surface area contributed by atoms with E-state index in [2.05, 4.69) is 17.0 Å². The van der Waals surface area contributed by atoms with Crippen LogP contribution < -0.4 is 5.32 Å². The average Bonchev–Trinajstić information content (AvgIpc) is 2.80. The Morgan fingerprint density at radius 3 is 2.96 bits per heavy atom. The molecule has 0 radical (unpaired) electrons. The van der Waals surface area contributed by atoms with Crippen LogP contribution in [-0.2, 0) is 11.3 Å². The predicted octanol–water partition coefficient (Wildman–Crippen LogP) is 2.86. The Morgan fingerprint density at radius 1 is 1.52 bits per heavy atom. The molecule has 1 amide bonds. The first-order valence-electron chi connectivity index (χ1n) is 8.24. The first-order chi connectivity index (χ1) is 10.9. The lowest BCUT2D eigenvalue weighted by atomic mass is 10.1. The molecule has 0 bridgehead atoms. The lowest BCUT2D eigenvalue weighted by molar-refractivity contribution is 0.0243. The van der Waals surface area contributed by atoms with Crippen molar-refractivity contribution in [3.63, 3.8) is 0 Å². The van der Waals surface area contributed by atoms with Gasteiger partial charge in [-0.25, -0.2) is 9.48 Å². The molecule has 1 aliphatic heterocycles. The van der Waals surface area contributed by atoms with E-state index in [0.29, 0.717) is 6.54 Å². The molecule has 2 heterocycles. The minimum Gasteiger partial charge on any atom is -0.444 e. The highest BCUT2D eigenvalue weighted by molar-refractivity contribution is 5.68. The van der Waals surface area contributed by atoms with Gasteiger partial charge in [-0.05, 0) is 33.6 Å². The van der Waals surface area contributed by atoms with E-state index in [1.807, 2.05) is 38.1 Å². The molecular formula is C17H28N4O2. The molecule has 6 nitrogen and oxygen atoms in total. The van der Waals surface area contributed by atoms with Crippen LogP contribution in [0, 0.1) is 0 Å². The molecule has 1 N–H and O–H groups in total. The fraction of sp³-hybridized carbons (Fsp3) is 0.647. The summed E-state index contributed by atoms with van der Waals surface area (Å²) in [6, 6.07) is 0.275. The maximum Gasteiger partial charge on any atom is 0.410 e. The van der Waals surface area contributed by atoms with E-state index < -0.39 is 5.60 Å². The van der Waals surface area contributed by atoms with E-state index in [0.717, 1.165) is 37.9 Å². The Labute approximate surface area is 138 Å². The summed E-state index contributed by atoms with van der Waals surface area (Å²) in [6.07, 6.45) is 8.42. The third kappa shape index (κ3) is 5.71. The fourth-order valence-electron chi connectivity index (χ4n) is 2.63. The van der Waals surface area contributed by atoms with Crippen LogP contribution in [0.5, 0.6) is 0 Å². The van der Waals surface area contributed by atoms with Crippen molar-refractivity contribution in [1.82, 2.24) is 20.0 Å². The molecule has 128 valence electrons. The largest absolute Gasteiger partial charge is 0.444 e. The zero-order valence-corrected chi connectivity index (χ0v) is 14.4. The molecule has 0 aromatic carbocycles. The molecule has 2 rings (SSSR count). The molecule has 1 fully saturated rings. The number of aromatic nitrogens is 2. The SMILES string of the molecule is C=Cn1cc(CNC2CCCCN(C(=O)OC(C)(C)C)C2)cn1. The highest BCUT2D eigenvalue weighted by Gasteiger charge is 2.26. The van der Waals surface area contributed by atoms with Gasteiger partial charge in [-0.3, -0.25) is 0 Å². The summed E-state index contributed by atoms with van der Waals surface area (Å²) in [7, 11) is 0. The van der Waals surface area contributed by atoms with Gasteiger partial charge in [-0.2, -0.15) is 5.10 Å². The summed E-state index contributed by atoms with van der Waals surface area (Å²) in [5, 5.41) is 7.70. The number of nitrogens with zero attached hydrogens (tertiary/aromatic N) is 3. The standard InChI is InChI=1S/C17H28N4O2/c1-5-21-12-14(11-19-21)10-18-15-8-6-7-9-20(13-15)16(22)23-17(2,3)4/h5,11-12,15,18H,1,6-10,13H2,2-4H3. The summed E-state index contributed by atoms with van der Waals surface area (Å²) in [5.74, 6) is 0. The Bertz CT molecular complexity index is 533. The van der Waals surface area contributed by atoms with E-state index in [1.165, 1.54) is 0 Å². The van der Waals surface area contributed by atoms with Gasteiger partial charge in [0.1, 0.15) is 5.60 Å². The van der Waals surface area contributed by atoms with Gasteiger partial charge in [-0.15, -0.1) is 0 Å². The lowest BCUT2D eigenvalue weighted by Crippen LogP contribution is -2.44. The quantitative estimate of drug-likeness (QED) is 0.927. The minimum atomic E-state index is -0.453. The normalized spacial score (nSPS) is 19.3. The second-order valence-corrected chi connectivity index (χ2v) is 7.01. The van der Waals surface area contributed by atoms with Crippen LogP contribution in [0.4, 0.5) is 4.79 Å². The maximum absolute atomic E-state index is 12.3. The van der Waals surface area contributed by atoms with Crippen molar-refractivity contribution in [2.24, 2.45) is 0 Å². The van der Waals surface area contributed by atoms with Crippen LogP contribution >= 0.6 is 0 Å². The van der Waals surface area contributed by atoms with Gasteiger partial charge in [0.05, 0.1) is 6.20 Å². The Morgan fingerprint density at radius 2 is 2.30 bits per heavy atom. The number of carbonyl (C=O) groups excluding carboxylic acids is 1. The molecule has 1 unspecified atom stereocenters. The van der Waals surface area contributed by atoms with Gasteiger partial charge >= 0.3 is 6.09 Å². The van der Waals surface area contributed by atoms with E-state index in [1.54, 1.807) is 10.9 Å². The van der Waals surface area contributed by atoms with Crippen LogP contribution in [0.1, 0.15) is 45.6 Å². The molecule has 0 saturated carbocycles. The van der Waals surface area contributed by atoms with Gasteiger partial charge in [0.2, 0.25) is 0 Å². The molecule has 1 aromatic heterocycles. The Hall–Kier alpha value is -1.82. The van der Waals surface area contributed by atoms with E-state index in [4.69, 9.17) is 4.74 Å². The van der Waals surface area contributed by atoms with Crippen molar-refractivity contribution in [2.45, 2.75) is 58.2 Å². The van der Waals surface area contributed by atoms with Gasteiger partial charge in [0.15, 0.2) is 0 Å². The van der Waals surface area contributed by atoms with Gasteiger partial charge in [-0.1, -0.05) is 13.0 Å². The van der Waals surface area contributed by atoms with Crippen LogP contribution in [0.3, 0.4) is 0 Å². The number of likely N-dealkylation sites (tertiary alicyclic amines) is 1. The molecule has 1 aromatic rings. The molecular weight excluding hydrogens is 292 g/mol. The second kappa shape index (κ2) is 7.64. The molecule has 23 heavy (non-hydrogen) atoms.